The highest BCUT2D eigenvalue weighted by atomic mass is 79.9. The van der Waals surface area contributed by atoms with Gasteiger partial charge in [0.25, 0.3) is 0 Å². The molecule has 0 aliphatic carbocycles. The third kappa shape index (κ3) is 4.29. The molecule has 0 radical (unpaired) electrons. The van der Waals surface area contributed by atoms with Crippen LogP contribution in [-0.4, -0.2) is 15.7 Å². The molecule has 1 aromatic heterocycles. The second-order valence-corrected chi connectivity index (χ2v) is 6.08. The average Bonchev–Trinajstić information content (AvgIpc) is 3.00. The number of carbonyl (C=O) groups excluding carboxylic acids is 1. The maximum absolute atomic E-state index is 12.0. The minimum Gasteiger partial charge on any atom is -0.326 e. The van der Waals surface area contributed by atoms with Gasteiger partial charge in [-0.15, -0.1) is 0 Å². The van der Waals surface area contributed by atoms with E-state index in [9.17, 15) is 4.79 Å². The molecule has 0 aliphatic rings. The van der Waals surface area contributed by atoms with Crippen molar-refractivity contribution in [3.8, 4) is 11.1 Å². The molecule has 0 saturated carbocycles. The van der Waals surface area contributed by atoms with Gasteiger partial charge < -0.3 is 5.32 Å². The summed E-state index contributed by atoms with van der Waals surface area (Å²) < 4.78 is 2.65. The Kier molecular flexibility index (Phi) is 4.88. The molecule has 0 fully saturated rings. The molecule has 1 heterocycles. The molecule has 116 valence electrons. The van der Waals surface area contributed by atoms with Crippen LogP contribution in [0, 0.1) is 0 Å². The van der Waals surface area contributed by atoms with E-state index in [1.54, 1.807) is 10.9 Å². The number of nitrogens with one attached hydrogen (secondary N) is 1. The smallest absolute Gasteiger partial charge is 0.226 e. The molecular formula is C18H16BrN3O. The van der Waals surface area contributed by atoms with Crippen molar-refractivity contribution >= 4 is 27.5 Å². The Morgan fingerprint density at radius 1 is 1.04 bits per heavy atom. The largest absolute Gasteiger partial charge is 0.326 e. The van der Waals surface area contributed by atoms with Gasteiger partial charge in [0.2, 0.25) is 5.91 Å². The van der Waals surface area contributed by atoms with Gasteiger partial charge in [-0.1, -0.05) is 42.5 Å². The third-order valence-corrected chi connectivity index (χ3v) is 3.85. The van der Waals surface area contributed by atoms with Crippen LogP contribution in [0.2, 0.25) is 0 Å². The summed E-state index contributed by atoms with van der Waals surface area (Å²) in [6, 6.07) is 18.0. The van der Waals surface area contributed by atoms with Crippen molar-refractivity contribution in [2.75, 3.05) is 5.32 Å². The summed E-state index contributed by atoms with van der Waals surface area (Å²) in [6.45, 7) is 0.555. The maximum Gasteiger partial charge on any atom is 0.226 e. The Morgan fingerprint density at radius 3 is 2.39 bits per heavy atom. The van der Waals surface area contributed by atoms with Crippen molar-refractivity contribution in [3.63, 3.8) is 0 Å². The normalized spacial score (nSPS) is 10.5. The Labute approximate surface area is 143 Å². The lowest BCUT2D eigenvalue weighted by Crippen LogP contribution is -2.14. The van der Waals surface area contributed by atoms with Gasteiger partial charge in [0.15, 0.2) is 0 Å². The quantitative estimate of drug-likeness (QED) is 0.726. The van der Waals surface area contributed by atoms with E-state index in [-0.39, 0.29) is 5.91 Å². The van der Waals surface area contributed by atoms with Gasteiger partial charge >= 0.3 is 0 Å². The highest BCUT2D eigenvalue weighted by Crippen LogP contribution is 2.21. The van der Waals surface area contributed by atoms with Crippen molar-refractivity contribution < 1.29 is 4.79 Å². The van der Waals surface area contributed by atoms with Gasteiger partial charge in [-0.2, -0.15) is 5.10 Å². The summed E-state index contributed by atoms with van der Waals surface area (Å²) in [4.78, 5) is 12.0. The van der Waals surface area contributed by atoms with Gasteiger partial charge in [-0.3, -0.25) is 9.48 Å². The summed E-state index contributed by atoms with van der Waals surface area (Å²) in [5, 5.41) is 7.04. The second-order valence-electron chi connectivity index (χ2n) is 5.16. The minimum absolute atomic E-state index is 0.0240. The van der Waals surface area contributed by atoms with Gasteiger partial charge in [0.1, 0.15) is 0 Å². The average molecular weight is 370 g/mol. The number of hydrogen-bond acceptors (Lipinski definition) is 2. The van der Waals surface area contributed by atoms with Crippen LogP contribution in [0.1, 0.15) is 6.42 Å². The summed E-state index contributed by atoms with van der Waals surface area (Å²) in [6.07, 6.45) is 3.94. The SMILES string of the molecule is O=C(CCn1cc(Br)cn1)Nc1ccc(-c2ccccc2)cc1. The van der Waals surface area contributed by atoms with Gasteiger partial charge in [-0.25, -0.2) is 0 Å². The lowest BCUT2D eigenvalue weighted by atomic mass is 10.1. The highest BCUT2D eigenvalue weighted by molar-refractivity contribution is 9.10. The minimum atomic E-state index is -0.0240. The van der Waals surface area contributed by atoms with E-state index in [2.05, 4.69) is 38.5 Å². The number of amides is 1. The maximum atomic E-state index is 12.0. The molecule has 0 bridgehead atoms. The van der Waals surface area contributed by atoms with Crippen LogP contribution >= 0.6 is 15.9 Å². The fourth-order valence-corrected chi connectivity index (χ4v) is 2.60. The van der Waals surface area contributed by atoms with E-state index in [1.165, 1.54) is 0 Å². The first kappa shape index (κ1) is 15.5. The molecule has 0 spiro atoms. The number of halogens is 1. The third-order valence-electron chi connectivity index (χ3n) is 3.45. The number of aryl methyl sites for hydroxylation is 1. The van der Waals surface area contributed by atoms with Crippen LogP contribution in [0.4, 0.5) is 5.69 Å². The molecule has 5 heteroatoms. The molecule has 2 aromatic carbocycles. The van der Waals surface area contributed by atoms with E-state index >= 15 is 0 Å². The molecule has 0 atom stereocenters. The predicted molar refractivity (Wildman–Crippen MR) is 95.1 cm³/mol. The van der Waals surface area contributed by atoms with E-state index in [4.69, 9.17) is 0 Å². The fraction of sp³-hybridized carbons (Fsp3) is 0.111. The molecular weight excluding hydrogens is 354 g/mol. The number of rotatable bonds is 5. The van der Waals surface area contributed by atoms with Gasteiger partial charge in [0, 0.05) is 24.8 Å². The Hall–Kier alpha value is -2.40. The highest BCUT2D eigenvalue weighted by Gasteiger charge is 2.04. The van der Waals surface area contributed by atoms with Crippen LogP contribution in [0.5, 0.6) is 0 Å². The predicted octanol–water partition coefficient (Wildman–Crippen LogP) is 4.34. The molecule has 0 saturated heterocycles. The number of nitrogens with zero attached hydrogens (tertiary/aromatic N) is 2. The first-order valence-electron chi connectivity index (χ1n) is 7.34. The van der Waals surface area contributed by atoms with E-state index in [1.807, 2.05) is 48.7 Å². The summed E-state index contributed by atoms with van der Waals surface area (Å²) in [5.41, 5.74) is 3.09. The first-order chi connectivity index (χ1) is 11.2. The lowest BCUT2D eigenvalue weighted by molar-refractivity contribution is -0.116. The standard InChI is InChI=1S/C18H16BrN3O/c19-16-12-20-22(13-16)11-10-18(23)21-17-8-6-15(7-9-17)14-4-2-1-3-5-14/h1-9,12-13H,10-11H2,(H,21,23). The molecule has 0 unspecified atom stereocenters. The monoisotopic (exact) mass is 369 g/mol. The fourth-order valence-electron chi connectivity index (χ4n) is 2.28. The molecule has 4 nitrogen and oxygen atoms in total. The first-order valence-corrected chi connectivity index (χ1v) is 8.13. The molecule has 1 amide bonds. The van der Waals surface area contributed by atoms with Gasteiger partial charge in [0.05, 0.1) is 10.7 Å². The lowest BCUT2D eigenvalue weighted by Gasteiger charge is -2.07. The molecule has 1 N–H and O–H groups in total. The van der Waals surface area contributed by atoms with E-state index < -0.39 is 0 Å². The molecule has 3 aromatic rings. The number of carbonyl (C=O) groups is 1. The van der Waals surface area contributed by atoms with Crippen LogP contribution in [0.25, 0.3) is 11.1 Å². The topological polar surface area (TPSA) is 46.9 Å². The zero-order chi connectivity index (χ0) is 16.1. The van der Waals surface area contributed by atoms with E-state index in [0.717, 1.165) is 21.3 Å². The Balaban J connectivity index is 1.56. The number of hydrogen-bond donors (Lipinski definition) is 1. The second kappa shape index (κ2) is 7.24. The summed E-state index contributed by atoms with van der Waals surface area (Å²) in [5.74, 6) is -0.0240. The Bertz CT molecular complexity index is 782. The van der Waals surface area contributed by atoms with Crippen molar-refractivity contribution in [1.82, 2.24) is 9.78 Å². The molecule has 0 aliphatic heterocycles. The summed E-state index contributed by atoms with van der Waals surface area (Å²) in [7, 11) is 0. The van der Waals surface area contributed by atoms with Crippen molar-refractivity contribution in [1.29, 1.82) is 0 Å². The van der Waals surface area contributed by atoms with Crippen molar-refractivity contribution in [3.05, 3.63) is 71.5 Å². The number of aromatic nitrogens is 2. The number of anilines is 1. The molecule has 23 heavy (non-hydrogen) atoms. The summed E-state index contributed by atoms with van der Waals surface area (Å²) >= 11 is 3.34. The van der Waals surface area contributed by atoms with E-state index in [0.29, 0.717) is 13.0 Å². The number of benzene rings is 2. The van der Waals surface area contributed by atoms with Crippen molar-refractivity contribution in [2.24, 2.45) is 0 Å². The van der Waals surface area contributed by atoms with Gasteiger partial charge in [-0.05, 0) is 39.2 Å². The van der Waals surface area contributed by atoms with Crippen LogP contribution in [-0.2, 0) is 11.3 Å². The Morgan fingerprint density at radius 2 is 1.74 bits per heavy atom. The van der Waals surface area contributed by atoms with Crippen molar-refractivity contribution in [2.45, 2.75) is 13.0 Å². The van der Waals surface area contributed by atoms with Crippen LogP contribution < -0.4 is 5.32 Å². The van der Waals surface area contributed by atoms with Crippen LogP contribution in [0.15, 0.2) is 71.5 Å². The van der Waals surface area contributed by atoms with Crippen LogP contribution in [0.3, 0.4) is 0 Å². The zero-order valence-corrected chi connectivity index (χ0v) is 14.0. The molecule has 3 rings (SSSR count). The zero-order valence-electron chi connectivity index (χ0n) is 12.4.